The molecule has 0 unspecified atom stereocenters. The number of hydrogen-bond acceptors (Lipinski definition) is 4. The number of benzene rings is 2. The van der Waals surface area contributed by atoms with Crippen molar-refractivity contribution in [3.8, 4) is 11.3 Å². The van der Waals surface area contributed by atoms with Crippen molar-refractivity contribution < 1.29 is 19.5 Å². The average molecular weight is 450 g/mol. The van der Waals surface area contributed by atoms with Gasteiger partial charge in [0.05, 0.1) is 23.1 Å². The largest absolute Gasteiger partial charge is 0.481 e. The van der Waals surface area contributed by atoms with E-state index in [0.717, 1.165) is 27.4 Å². The van der Waals surface area contributed by atoms with Gasteiger partial charge in [-0.25, -0.2) is 0 Å². The topological polar surface area (TPSA) is 100 Å². The third-order valence-corrected chi connectivity index (χ3v) is 6.49. The van der Waals surface area contributed by atoms with Crippen LogP contribution in [0.4, 0.5) is 5.69 Å². The van der Waals surface area contributed by atoms with Gasteiger partial charge in [-0.3, -0.25) is 24.5 Å². The van der Waals surface area contributed by atoms with Gasteiger partial charge in [0.15, 0.2) is 0 Å². The standard InChI is InChI=1S/C24H23N3O4S/c1-15-6-8-16(9-7-15)19-12-10-17(11-13-23(29)30)27(19)26-22(28)14-21-24(31)25-18-4-2-3-5-20(18)32-21/h2-10,12,21H,11,13-14H2,1H3,(H,25,31)(H,26,28)(H,29,30)/t21-/m0/s1. The Morgan fingerprint density at radius 2 is 1.84 bits per heavy atom. The molecule has 1 aromatic heterocycles. The molecule has 0 saturated carbocycles. The summed E-state index contributed by atoms with van der Waals surface area (Å²) in [6.45, 7) is 1.99. The van der Waals surface area contributed by atoms with E-state index in [1.165, 1.54) is 11.8 Å². The normalized spacial score (nSPS) is 15.0. The number of amides is 2. The van der Waals surface area contributed by atoms with Crippen LogP contribution in [0.5, 0.6) is 0 Å². The number of para-hydroxylation sites is 1. The summed E-state index contributed by atoms with van der Waals surface area (Å²) in [4.78, 5) is 37.4. The fourth-order valence-corrected chi connectivity index (χ4v) is 4.67. The zero-order valence-corrected chi connectivity index (χ0v) is 18.3. The number of nitrogens with zero attached hydrogens (tertiary/aromatic N) is 1. The number of aliphatic carboxylic acids is 1. The zero-order valence-electron chi connectivity index (χ0n) is 17.5. The van der Waals surface area contributed by atoms with Crippen LogP contribution >= 0.6 is 11.8 Å². The molecule has 2 heterocycles. The maximum atomic E-state index is 12.9. The van der Waals surface area contributed by atoms with Crippen molar-refractivity contribution in [1.82, 2.24) is 4.68 Å². The number of carboxylic acids is 1. The molecule has 7 nitrogen and oxygen atoms in total. The number of aromatic nitrogens is 1. The second kappa shape index (κ2) is 9.32. The van der Waals surface area contributed by atoms with Gasteiger partial charge in [-0.2, -0.15) is 0 Å². The molecule has 1 aliphatic heterocycles. The Kier molecular flexibility index (Phi) is 6.32. The Balaban J connectivity index is 1.54. The summed E-state index contributed by atoms with van der Waals surface area (Å²) in [7, 11) is 0. The second-order valence-electron chi connectivity index (χ2n) is 7.64. The van der Waals surface area contributed by atoms with Crippen molar-refractivity contribution in [2.24, 2.45) is 0 Å². The Labute approximate surface area is 189 Å². The van der Waals surface area contributed by atoms with E-state index in [1.54, 1.807) is 4.68 Å². The molecule has 1 aliphatic rings. The lowest BCUT2D eigenvalue weighted by Gasteiger charge is -2.24. The van der Waals surface area contributed by atoms with Crippen molar-refractivity contribution in [2.45, 2.75) is 36.3 Å². The van der Waals surface area contributed by atoms with Gasteiger partial charge in [0.1, 0.15) is 0 Å². The van der Waals surface area contributed by atoms with Crippen LogP contribution in [-0.2, 0) is 20.8 Å². The smallest absolute Gasteiger partial charge is 0.303 e. The van der Waals surface area contributed by atoms with E-state index >= 15 is 0 Å². The number of anilines is 1. The summed E-state index contributed by atoms with van der Waals surface area (Å²) in [6, 6.07) is 19.0. The molecule has 0 saturated heterocycles. The predicted octanol–water partition coefficient (Wildman–Crippen LogP) is 4.05. The first-order chi connectivity index (χ1) is 15.4. The first kappa shape index (κ1) is 21.7. The molecular weight excluding hydrogens is 426 g/mol. The van der Waals surface area contributed by atoms with E-state index in [9.17, 15) is 14.4 Å². The first-order valence-electron chi connectivity index (χ1n) is 10.3. The van der Waals surface area contributed by atoms with E-state index in [2.05, 4.69) is 10.7 Å². The number of carboxylic acid groups (broad SMARTS) is 1. The highest BCUT2D eigenvalue weighted by atomic mass is 32.2. The Hall–Kier alpha value is -3.52. The van der Waals surface area contributed by atoms with Crippen LogP contribution in [0.25, 0.3) is 11.3 Å². The second-order valence-corrected chi connectivity index (χ2v) is 8.88. The predicted molar refractivity (Wildman–Crippen MR) is 124 cm³/mol. The number of carbonyl (C=O) groups is 3. The minimum absolute atomic E-state index is 0.00524. The Morgan fingerprint density at radius 3 is 2.59 bits per heavy atom. The van der Waals surface area contributed by atoms with Gasteiger partial charge in [0.2, 0.25) is 11.8 Å². The molecule has 8 heteroatoms. The molecule has 3 aromatic rings. The van der Waals surface area contributed by atoms with E-state index in [0.29, 0.717) is 5.69 Å². The van der Waals surface area contributed by atoms with Gasteiger partial charge in [-0.15, -0.1) is 11.8 Å². The Bertz CT molecular complexity index is 1170. The zero-order chi connectivity index (χ0) is 22.7. The number of rotatable bonds is 7. The van der Waals surface area contributed by atoms with Crippen LogP contribution in [0.1, 0.15) is 24.1 Å². The van der Waals surface area contributed by atoms with Gasteiger partial charge < -0.3 is 10.4 Å². The molecule has 0 fully saturated rings. The number of fused-ring (bicyclic) bond motifs is 1. The molecule has 1 atom stereocenters. The maximum Gasteiger partial charge on any atom is 0.303 e. The van der Waals surface area contributed by atoms with Gasteiger partial charge in [-0.05, 0) is 31.2 Å². The lowest BCUT2D eigenvalue weighted by atomic mass is 10.1. The van der Waals surface area contributed by atoms with Crippen molar-refractivity contribution >= 4 is 35.2 Å². The van der Waals surface area contributed by atoms with Crippen LogP contribution in [0.2, 0.25) is 0 Å². The molecule has 0 spiro atoms. The molecule has 0 aliphatic carbocycles. The quantitative estimate of drug-likeness (QED) is 0.505. The van der Waals surface area contributed by atoms with Crippen LogP contribution in [0, 0.1) is 6.92 Å². The average Bonchev–Trinajstić information content (AvgIpc) is 3.15. The first-order valence-corrected chi connectivity index (χ1v) is 11.1. The highest BCUT2D eigenvalue weighted by Crippen LogP contribution is 2.36. The van der Waals surface area contributed by atoms with E-state index < -0.39 is 11.2 Å². The Morgan fingerprint density at radius 1 is 1.09 bits per heavy atom. The van der Waals surface area contributed by atoms with Crippen molar-refractivity contribution in [1.29, 1.82) is 0 Å². The molecule has 2 aromatic carbocycles. The van der Waals surface area contributed by atoms with E-state index in [1.807, 2.05) is 67.6 Å². The van der Waals surface area contributed by atoms with Crippen LogP contribution in [-0.4, -0.2) is 32.8 Å². The SMILES string of the molecule is Cc1ccc(-c2ccc(CCC(=O)O)n2NC(=O)C[C@@H]2Sc3ccccc3NC2=O)cc1. The van der Waals surface area contributed by atoms with Crippen molar-refractivity contribution in [2.75, 3.05) is 10.7 Å². The van der Waals surface area contributed by atoms with E-state index in [4.69, 9.17) is 5.11 Å². The van der Waals surface area contributed by atoms with Crippen molar-refractivity contribution in [3.05, 3.63) is 71.9 Å². The van der Waals surface area contributed by atoms with Gasteiger partial charge >= 0.3 is 5.97 Å². The van der Waals surface area contributed by atoms with E-state index in [-0.39, 0.29) is 31.1 Å². The van der Waals surface area contributed by atoms with Gasteiger partial charge in [0.25, 0.3) is 0 Å². The minimum Gasteiger partial charge on any atom is -0.481 e. The monoisotopic (exact) mass is 449 g/mol. The molecule has 164 valence electrons. The highest BCUT2D eigenvalue weighted by molar-refractivity contribution is 8.01. The molecule has 2 amide bonds. The number of hydrogen-bond donors (Lipinski definition) is 3. The summed E-state index contributed by atoms with van der Waals surface area (Å²) in [5, 5.41) is 11.4. The number of aryl methyl sites for hydroxylation is 2. The van der Waals surface area contributed by atoms with Crippen LogP contribution < -0.4 is 10.7 Å². The molecule has 4 rings (SSSR count). The highest BCUT2D eigenvalue weighted by Gasteiger charge is 2.29. The summed E-state index contributed by atoms with van der Waals surface area (Å²) in [5.41, 5.74) is 7.08. The van der Waals surface area contributed by atoms with Crippen LogP contribution in [0.15, 0.2) is 65.6 Å². The van der Waals surface area contributed by atoms with Crippen molar-refractivity contribution in [3.63, 3.8) is 0 Å². The number of carbonyl (C=O) groups excluding carboxylic acids is 2. The summed E-state index contributed by atoms with van der Waals surface area (Å²) in [5.74, 6) is -1.44. The molecule has 32 heavy (non-hydrogen) atoms. The molecular formula is C24H23N3O4S. The fourth-order valence-electron chi connectivity index (χ4n) is 3.56. The lowest BCUT2D eigenvalue weighted by molar-refractivity contribution is -0.137. The summed E-state index contributed by atoms with van der Waals surface area (Å²) >= 11 is 1.37. The van der Waals surface area contributed by atoms with Gasteiger partial charge in [-0.1, -0.05) is 42.0 Å². The summed E-state index contributed by atoms with van der Waals surface area (Å²) in [6.07, 6.45) is 0.215. The maximum absolute atomic E-state index is 12.9. The minimum atomic E-state index is -0.907. The molecule has 0 radical (unpaired) electrons. The molecule has 3 N–H and O–H groups in total. The molecule has 0 bridgehead atoms. The fraction of sp³-hybridized carbons (Fsp3) is 0.208. The third kappa shape index (κ3) is 4.86. The van der Waals surface area contributed by atoms with Gasteiger partial charge in [0, 0.05) is 29.0 Å². The third-order valence-electron chi connectivity index (χ3n) is 5.22. The summed E-state index contributed by atoms with van der Waals surface area (Å²) < 4.78 is 1.63. The van der Waals surface area contributed by atoms with Crippen LogP contribution in [0.3, 0.4) is 0 Å². The number of thioether (sulfide) groups is 1. The number of nitrogens with one attached hydrogen (secondary N) is 2. The lowest BCUT2D eigenvalue weighted by Crippen LogP contribution is -2.34.